The number of hydrogen-bond donors (Lipinski definition) is 0. The third-order valence-electron chi connectivity index (χ3n) is 3.07. The molecule has 0 aliphatic carbocycles. The average Bonchev–Trinajstić information content (AvgIpc) is 2.32. The molecule has 1 aliphatic rings. The molecule has 0 atom stereocenters. The second-order valence-electron chi connectivity index (χ2n) is 4.40. The van der Waals surface area contributed by atoms with E-state index in [-0.39, 0.29) is 0 Å². The van der Waals surface area contributed by atoms with E-state index in [1.807, 2.05) is 6.07 Å². The largest absolute Gasteiger partial charge is 0.497 e. The number of ether oxygens (including phenoxy) is 1. The molecule has 1 heterocycles. The number of hydrogen-bond acceptors (Lipinski definition) is 2. The highest BCUT2D eigenvalue weighted by Gasteiger charge is 2.08. The van der Waals surface area contributed by atoms with Crippen LogP contribution >= 0.6 is 0 Å². The SMILES string of the molecule is COc1cccc(CC2=CCN(C)CC2)c1. The van der Waals surface area contributed by atoms with Gasteiger partial charge in [-0.3, -0.25) is 0 Å². The van der Waals surface area contributed by atoms with E-state index in [1.54, 1.807) is 12.7 Å². The van der Waals surface area contributed by atoms with E-state index >= 15 is 0 Å². The Morgan fingerprint density at radius 2 is 2.25 bits per heavy atom. The zero-order valence-corrected chi connectivity index (χ0v) is 10.1. The molecule has 0 aromatic heterocycles. The van der Waals surface area contributed by atoms with Gasteiger partial charge in [0.05, 0.1) is 7.11 Å². The van der Waals surface area contributed by atoms with E-state index in [9.17, 15) is 0 Å². The van der Waals surface area contributed by atoms with Crippen molar-refractivity contribution in [3.05, 3.63) is 41.5 Å². The van der Waals surface area contributed by atoms with Crippen LogP contribution in [-0.4, -0.2) is 32.1 Å². The van der Waals surface area contributed by atoms with Crippen molar-refractivity contribution in [2.75, 3.05) is 27.2 Å². The monoisotopic (exact) mass is 217 g/mol. The van der Waals surface area contributed by atoms with Gasteiger partial charge in [0.2, 0.25) is 0 Å². The summed E-state index contributed by atoms with van der Waals surface area (Å²) in [5, 5.41) is 0. The van der Waals surface area contributed by atoms with Gasteiger partial charge in [0.15, 0.2) is 0 Å². The molecular formula is C14H19NO. The minimum Gasteiger partial charge on any atom is -0.497 e. The Hall–Kier alpha value is -1.28. The van der Waals surface area contributed by atoms with E-state index in [4.69, 9.17) is 4.74 Å². The molecule has 0 amide bonds. The van der Waals surface area contributed by atoms with Crippen LogP contribution in [0.15, 0.2) is 35.9 Å². The molecule has 2 nitrogen and oxygen atoms in total. The van der Waals surface area contributed by atoms with Crippen molar-refractivity contribution in [3.63, 3.8) is 0 Å². The van der Waals surface area contributed by atoms with Crippen molar-refractivity contribution in [3.8, 4) is 5.75 Å². The van der Waals surface area contributed by atoms with Crippen LogP contribution < -0.4 is 4.74 Å². The summed E-state index contributed by atoms with van der Waals surface area (Å²) in [6.07, 6.45) is 4.60. The Morgan fingerprint density at radius 1 is 1.38 bits per heavy atom. The van der Waals surface area contributed by atoms with E-state index < -0.39 is 0 Å². The maximum atomic E-state index is 5.23. The van der Waals surface area contributed by atoms with Gasteiger partial charge in [-0.1, -0.05) is 23.8 Å². The van der Waals surface area contributed by atoms with E-state index in [1.165, 1.54) is 18.5 Å². The molecule has 2 heteroatoms. The molecule has 0 radical (unpaired) electrons. The van der Waals surface area contributed by atoms with Crippen LogP contribution in [-0.2, 0) is 6.42 Å². The number of methoxy groups -OCH3 is 1. The van der Waals surface area contributed by atoms with Crippen molar-refractivity contribution in [1.82, 2.24) is 4.90 Å². The summed E-state index contributed by atoms with van der Waals surface area (Å²) in [5.74, 6) is 0.950. The molecule has 2 rings (SSSR count). The molecule has 16 heavy (non-hydrogen) atoms. The van der Waals surface area contributed by atoms with Crippen molar-refractivity contribution in [2.45, 2.75) is 12.8 Å². The number of nitrogens with zero attached hydrogens (tertiary/aromatic N) is 1. The Labute approximate surface area is 97.5 Å². The molecule has 0 bridgehead atoms. The molecule has 0 saturated carbocycles. The zero-order valence-electron chi connectivity index (χ0n) is 10.1. The molecule has 86 valence electrons. The maximum absolute atomic E-state index is 5.23. The predicted molar refractivity (Wildman–Crippen MR) is 66.9 cm³/mol. The summed E-state index contributed by atoms with van der Waals surface area (Å²) >= 11 is 0. The molecular weight excluding hydrogens is 198 g/mol. The van der Waals surface area contributed by atoms with Gasteiger partial charge in [0, 0.05) is 13.1 Å². The lowest BCUT2D eigenvalue weighted by Crippen LogP contribution is -2.24. The third-order valence-corrected chi connectivity index (χ3v) is 3.07. The van der Waals surface area contributed by atoms with Gasteiger partial charge in [-0.05, 0) is 37.6 Å². The van der Waals surface area contributed by atoms with Gasteiger partial charge in [-0.15, -0.1) is 0 Å². The van der Waals surface area contributed by atoms with Crippen LogP contribution in [0.5, 0.6) is 5.75 Å². The fourth-order valence-corrected chi connectivity index (χ4v) is 2.02. The smallest absolute Gasteiger partial charge is 0.119 e. The van der Waals surface area contributed by atoms with Gasteiger partial charge < -0.3 is 9.64 Å². The number of rotatable bonds is 3. The van der Waals surface area contributed by atoms with Gasteiger partial charge >= 0.3 is 0 Å². The van der Waals surface area contributed by atoms with Gasteiger partial charge in [0.1, 0.15) is 5.75 Å². The molecule has 1 aromatic rings. The van der Waals surface area contributed by atoms with Crippen LogP contribution in [0.1, 0.15) is 12.0 Å². The first-order valence-corrected chi connectivity index (χ1v) is 5.77. The normalized spacial score (nSPS) is 17.0. The topological polar surface area (TPSA) is 12.5 Å². The van der Waals surface area contributed by atoms with Crippen molar-refractivity contribution in [2.24, 2.45) is 0 Å². The van der Waals surface area contributed by atoms with Crippen molar-refractivity contribution < 1.29 is 4.74 Å². The Kier molecular flexibility index (Phi) is 3.62. The second-order valence-corrected chi connectivity index (χ2v) is 4.40. The lowest BCUT2D eigenvalue weighted by atomic mass is 10.00. The summed E-state index contributed by atoms with van der Waals surface area (Å²) in [6, 6.07) is 8.34. The third kappa shape index (κ3) is 2.86. The Bertz CT molecular complexity index is 384. The summed E-state index contributed by atoms with van der Waals surface area (Å²) in [5.41, 5.74) is 2.89. The summed E-state index contributed by atoms with van der Waals surface area (Å²) in [4.78, 5) is 2.34. The maximum Gasteiger partial charge on any atom is 0.119 e. The molecule has 0 fully saturated rings. The molecule has 0 N–H and O–H groups in total. The van der Waals surface area contributed by atoms with Crippen LogP contribution in [0, 0.1) is 0 Å². The zero-order chi connectivity index (χ0) is 11.4. The summed E-state index contributed by atoms with van der Waals surface area (Å²) in [7, 11) is 3.88. The van der Waals surface area contributed by atoms with Crippen molar-refractivity contribution >= 4 is 0 Å². The highest BCUT2D eigenvalue weighted by atomic mass is 16.5. The van der Waals surface area contributed by atoms with E-state index in [2.05, 4.69) is 36.2 Å². The fraction of sp³-hybridized carbons (Fsp3) is 0.429. The van der Waals surface area contributed by atoms with Crippen LogP contribution in [0.4, 0.5) is 0 Å². The first kappa shape index (κ1) is 11.2. The molecule has 1 aliphatic heterocycles. The van der Waals surface area contributed by atoms with Gasteiger partial charge in [-0.25, -0.2) is 0 Å². The van der Waals surface area contributed by atoms with Crippen molar-refractivity contribution in [1.29, 1.82) is 0 Å². The first-order valence-electron chi connectivity index (χ1n) is 5.77. The van der Waals surface area contributed by atoms with Gasteiger partial charge in [-0.2, -0.15) is 0 Å². The van der Waals surface area contributed by atoms with Gasteiger partial charge in [0.25, 0.3) is 0 Å². The molecule has 0 saturated heterocycles. The van der Waals surface area contributed by atoms with E-state index in [0.29, 0.717) is 0 Å². The molecule has 1 aromatic carbocycles. The quantitative estimate of drug-likeness (QED) is 0.721. The molecule has 0 spiro atoms. The van der Waals surface area contributed by atoms with E-state index in [0.717, 1.165) is 18.7 Å². The average molecular weight is 217 g/mol. The fourth-order valence-electron chi connectivity index (χ4n) is 2.02. The summed E-state index contributed by atoms with van der Waals surface area (Å²) < 4.78 is 5.23. The predicted octanol–water partition coefficient (Wildman–Crippen LogP) is 2.50. The van der Waals surface area contributed by atoms with Crippen LogP contribution in [0.3, 0.4) is 0 Å². The van der Waals surface area contributed by atoms with Crippen LogP contribution in [0.2, 0.25) is 0 Å². The lowest BCUT2D eigenvalue weighted by molar-refractivity contribution is 0.357. The highest BCUT2D eigenvalue weighted by Crippen LogP contribution is 2.19. The Morgan fingerprint density at radius 3 is 2.94 bits per heavy atom. The highest BCUT2D eigenvalue weighted by molar-refractivity contribution is 5.31. The number of likely N-dealkylation sites (N-methyl/N-ethyl adjacent to an activating group) is 1. The standard InChI is InChI=1S/C14H19NO/c1-15-8-6-12(7-9-15)10-13-4-3-5-14(11-13)16-2/h3-6,11H,7-10H2,1-2H3. The summed E-state index contributed by atoms with van der Waals surface area (Å²) in [6.45, 7) is 2.26. The lowest BCUT2D eigenvalue weighted by Gasteiger charge is -2.22. The Balaban J connectivity index is 2.03. The first-order chi connectivity index (χ1) is 7.78. The second kappa shape index (κ2) is 5.17. The number of benzene rings is 1. The molecule has 0 unspecified atom stereocenters. The minimum atomic E-state index is 0.950. The van der Waals surface area contributed by atoms with Crippen LogP contribution in [0.25, 0.3) is 0 Å². The minimum absolute atomic E-state index is 0.950.